The van der Waals surface area contributed by atoms with Gasteiger partial charge < -0.3 is 5.32 Å². The molecule has 0 amide bonds. The molecule has 1 fully saturated rings. The summed E-state index contributed by atoms with van der Waals surface area (Å²) < 4.78 is 18.2. The second-order valence-corrected chi connectivity index (χ2v) is 4.82. The lowest BCUT2D eigenvalue weighted by Gasteiger charge is -2.02. The predicted molar refractivity (Wildman–Crippen MR) is 38.1 cm³/mol. The highest BCUT2D eigenvalue weighted by molar-refractivity contribution is 7.92. The van der Waals surface area contributed by atoms with Gasteiger partial charge in [-0.25, -0.2) is 4.21 Å². The van der Waals surface area contributed by atoms with Crippen LogP contribution in [-0.2, 0) is 9.73 Å². The number of rotatable bonds is 1. The van der Waals surface area contributed by atoms with Crippen LogP contribution in [0.3, 0.4) is 0 Å². The van der Waals surface area contributed by atoms with Crippen LogP contribution in [0.15, 0.2) is 0 Å². The molecule has 1 aliphatic rings. The molecule has 0 aromatic carbocycles. The highest BCUT2D eigenvalue weighted by Crippen LogP contribution is 2.10. The molecule has 1 aliphatic heterocycles. The molecular weight excluding hydrogens is 136 g/mol. The van der Waals surface area contributed by atoms with Gasteiger partial charge in [0.2, 0.25) is 0 Å². The molecular formula is C5H12N2OS. The third-order valence-corrected chi connectivity index (χ3v) is 3.51. The average molecular weight is 148 g/mol. The molecule has 0 aromatic rings. The Hall–Kier alpha value is -0.0900. The second-order valence-electron chi connectivity index (χ2n) is 2.46. The summed E-state index contributed by atoms with van der Waals surface area (Å²) in [5.74, 6) is 1.13. The van der Waals surface area contributed by atoms with E-state index in [-0.39, 0.29) is 0 Å². The first kappa shape index (κ1) is 7.02. The minimum Gasteiger partial charge on any atom is -0.316 e. The maximum absolute atomic E-state index is 11.0. The zero-order valence-electron chi connectivity index (χ0n) is 5.52. The summed E-state index contributed by atoms with van der Waals surface area (Å²) in [5, 5.41) is 3.02. The molecule has 1 rings (SSSR count). The Balaban J connectivity index is 2.58. The maximum atomic E-state index is 11.0. The van der Waals surface area contributed by atoms with E-state index in [1.54, 1.807) is 0 Å². The summed E-state index contributed by atoms with van der Waals surface area (Å²) in [5.41, 5.74) is 0. The number of hydrogen-bond donors (Lipinski definition) is 2. The standard InChI is InChI=1S/C5H12N2OS/c1-7-5-2-3-9(6,8)4-5/h5-7H,2-4H2,1H3. The normalized spacial score (nSPS) is 43.4. The quantitative estimate of drug-likeness (QED) is 0.551. The van der Waals surface area contributed by atoms with Crippen molar-refractivity contribution in [3.05, 3.63) is 0 Å². The molecule has 9 heavy (non-hydrogen) atoms. The molecule has 0 aromatic heterocycles. The Morgan fingerprint density at radius 1 is 1.78 bits per heavy atom. The molecule has 1 saturated heterocycles. The summed E-state index contributed by atoms with van der Waals surface area (Å²) in [7, 11) is -0.317. The fourth-order valence-electron chi connectivity index (χ4n) is 1.05. The second kappa shape index (κ2) is 2.27. The van der Waals surface area contributed by atoms with E-state index in [9.17, 15) is 4.21 Å². The van der Waals surface area contributed by atoms with E-state index >= 15 is 0 Å². The summed E-state index contributed by atoms with van der Waals surface area (Å²) in [6, 6.07) is 0.329. The van der Waals surface area contributed by atoms with E-state index in [1.807, 2.05) is 7.05 Å². The van der Waals surface area contributed by atoms with Crippen molar-refractivity contribution in [2.75, 3.05) is 18.6 Å². The van der Waals surface area contributed by atoms with Gasteiger partial charge in [0.15, 0.2) is 0 Å². The average Bonchev–Trinajstić information content (AvgIpc) is 2.10. The van der Waals surface area contributed by atoms with Crippen LogP contribution in [0, 0.1) is 4.78 Å². The lowest BCUT2D eigenvalue weighted by atomic mass is 10.3. The Morgan fingerprint density at radius 2 is 2.44 bits per heavy atom. The smallest absolute Gasteiger partial charge is 0.0469 e. The van der Waals surface area contributed by atoms with Gasteiger partial charge in [-0.05, 0) is 13.5 Å². The zero-order valence-corrected chi connectivity index (χ0v) is 6.33. The van der Waals surface area contributed by atoms with Gasteiger partial charge in [-0.2, -0.15) is 0 Å². The highest BCUT2D eigenvalue weighted by atomic mass is 32.2. The highest BCUT2D eigenvalue weighted by Gasteiger charge is 2.22. The monoisotopic (exact) mass is 148 g/mol. The van der Waals surface area contributed by atoms with Crippen molar-refractivity contribution in [1.82, 2.24) is 5.32 Å². The first-order valence-corrected chi connectivity index (χ1v) is 4.95. The largest absolute Gasteiger partial charge is 0.316 e. The van der Waals surface area contributed by atoms with Crippen LogP contribution >= 0.6 is 0 Å². The molecule has 1 heterocycles. The van der Waals surface area contributed by atoms with E-state index in [4.69, 9.17) is 4.78 Å². The van der Waals surface area contributed by atoms with Crippen molar-refractivity contribution in [2.24, 2.45) is 0 Å². The van der Waals surface area contributed by atoms with Gasteiger partial charge in [0.25, 0.3) is 0 Å². The van der Waals surface area contributed by atoms with E-state index in [1.165, 1.54) is 0 Å². The summed E-state index contributed by atoms with van der Waals surface area (Å²) >= 11 is 0. The molecule has 0 bridgehead atoms. The van der Waals surface area contributed by atoms with E-state index < -0.39 is 9.73 Å². The van der Waals surface area contributed by atoms with Crippen molar-refractivity contribution < 1.29 is 4.21 Å². The van der Waals surface area contributed by atoms with Gasteiger partial charge >= 0.3 is 0 Å². The van der Waals surface area contributed by atoms with E-state index in [0.717, 1.165) is 6.42 Å². The van der Waals surface area contributed by atoms with Crippen LogP contribution in [0.25, 0.3) is 0 Å². The van der Waals surface area contributed by atoms with E-state index in [0.29, 0.717) is 17.5 Å². The van der Waals surface area contributed by atoms with Crippen LogP contribution in [0.5, 0.6) is 0 Å². The Labute approximate surface area is 55.8 Å². The van der Waals surface area contributed by atoms with Crippen LogP contribution in [-0.4, -0.2) is 28.8 Å². The molecule has 54 valence electrons. The van der Waals surface area contributed by atoms with Crippen LogP contribution in [0.2, 0.25) is 0 Å². The molecule has 0 spiro atoms. The minimum atomic E-state index is -2.17. The van der Waals surface area contributed by atoms with Gasteiger partial charge in [0.05, 0.1) is 0 Å². The summed E-state index contributed by atoms with van der Waals surface area (Å²) in [4.78, 5) is 0. The van der Waals surface area contributed by atoms with Crippen molar-refractivity contribution >= 4 is 9.73 Å². The Kier molecular flexibility index (Phi) is 1.77. The van der Waals surface area contributed by atoms with Crippen molar-refractivity contribution in [3.63, 3.8) is 0 Å². The van der Waals surface area contributed by atoms with E-state index in [2.05, 4.69) is 5.32 Å². The predicted octanol–water partition coefficient (Wildman–Crippen LogP) is 0.0249. The Morgan fingerprint density at radius 3 is 2.67 bits per heavy atom. The molecule has 2 atom stereocenters. The first-order chi connectivity index (χ1) is 4.14. The van der Waals surface area contributed by atoms with Gasteiger partial charge in [-0.3, -0.25) is 4.78 Å². The first-order valence-electron chi connectivity index (χ1n) is 3.05. The van der Waals surface area contributed by atoms with Crippen molar-refractivity contribution in [2.45, 2.75) is 12.5 Å². The molecule has 0 radical (unpaired) electrons. The molecule has 2 unspecified atom stereocenters. The number of hydrogen-bond acceptors (Lipinski definition) is 3. The molecule has 3 nitrogen and oxygen atoms in total. The maximum Gasteiger partial charge on any atom is 0.0469 e. The van der Waals surface area contributed by atoms with Gasteiger partial charge in [0, 0.05) is 27.3 Å². The van der Waals surface area contributed by atoms with Crippen molar-refractivity contribution in [1.29, 1.82) is 4.78 Å². The van der Waals surface area contributed by atoms with Crippen LogP contribution < -0.4 is 5.32 Å². The zero-order chi connectivity index (χ0) is 6.91. The SMILES string of the molecule is CNC1CCS(=N)(=O)C1. The summed E-state index contributed by atoms with van der Waals surface area (Å²) in [6.07, 6.45) is 0.902. The lowest BCUT2D eigenvalue weighted by molar-refractivity contribution is 0.622. The topological polar surface area (TPSA) is 53.0 Å². The fourth-order valence-corrected chi connectivity index (χ4v) is 2.87. The third-order valence-electron chi connectivity index (χ3n) is 1.67. The minimum absolute atomic E-state index is 0.329. The fraction of sp³-hybridized carbons (Fsp3) is 1.00. The van der Waals surface area contributed by atoms with Crippen LogP contribution in [0.1, 0.15) is 6.42 Å². The lowest BCUT2D eigenvalue weighted by Crippen LogP contribution is -2.25. The Bertz CT molecular complexity index is 185. The van der Waals surface area contributed by atoms with Gasteiger partial charge in [0.1, 0.15) is 0 Å². The molecule has 0 saturated carbocycles. The molecule has 0 aliphatic carbocycles. The van der Waals surface area contributed by atoms with Gasteiger partial charge in [-0.1, -0.05) is 0 Å². The number of nitrogens with one attached hydrogen (secondary N) is 2. The van der Waals surface area contributed by atoms with Crippen molar-refractivity contribution in [3.8, 4) is 0 Å². The summed E-state index contributed by atoms with van der Waals surface area (Å²) in [6.45, 7) is 0. The molecule has 4 heteroatoms. The molecule has 2 N–H and O–H groups in total. The van der Waals surface area contributed by atoms with Crippen LogP contribution in [0.4, 0.5) is 0 Å². The third kappa shape index (κ3) is 1.66. The van der Waals surface area contributed by atoms with Gasteiger partial charge in [-0.15, -0.1) is 0 Å².